The largest absolute Gasteiger partial charge is 0.481 e. The number of nitrogens with one attached hydrogen (secondary N) is 1. The molecule has 0 amide bonds. The fraction of sp³-hybridized carbons (Fsp3) is 0.316. The molecule has 0 spiro atoms. The fourth-order valence-electron chi connectivity index (χ4n) is 3.00. The molecule has 0 aliphatic rings. The highest BCUT2D eigenvalue weighted by Gasteiger charge is 2.10. The van der Waals surface area contributed by atoms with E-state index in [0.717, 1.165) is 21.4 Å². The van der Waals surface area contributed by atoms with Crippen LogP contribution in [0.3, 0.4) is 0 Å². The molecule has 8 nitrogen and oxygen atoms in total. The van der Waals surface area contributed by atoms with Gasteiger partial charge in [0.05, 0.1) is 24.6 Å². The number of methoxy groups -OCH3 is 2. The van der Waals surface area contributed by atoms with E-state index in [1.165, 1.54) is 11.6 Å². The molecule has 1 aromatic carbocycles. The van der Waals surface area contributed by atoms with E-state index in [0.29, 0.717) is 29.9 Å². The van der Waals surface area contributed by atoms with Crippen molar-refractivity contribution in [3.8, 4) is 5.88 Å². The first-order valence-corrected chi connectivity index (χ1v) is 8.40. The van der Waals surface area contributed by atoms with Gasteiger partial charge in [-0.05, 0) is 29.8 Å². The van der Waals surface area contributed by atoms with Crippen LogP contribution >= 0.6 is 0 Å². The summed E-state index contributed by atoms with van der Waals surface area (Å²) < 4.78 is 13.0. The number of hydrogen-bond donors (Lipinski definition) is 1. The minimum atomic E-state index is -0.359. The van der Waals surface area contributed by atoms with Gasteiger partial charge >= 0.3 is 5.69 Å². The van der Waals surface area contributed by atoms with Gasteiger partial charge in [-0.1, -0.05) is 0 Å². The number of aromatic nitrogens is 3. The van der Waals surface area contributed by atoms with Gasteiger partial charge in [-0.2, -0.15) is 0 Å². The zero-order valence-electron chi connectivity index (χ0n) is 15.8. The quantitative estimate of drug-likeness (QED) is 0.706. The fourth-order valence-corrected chi connectivity index (χ4v) is 3.00. The maximum absolute atomic E-state index is 12.3. The van der Waals surface area contributed by atoms with Crippen LogP contribution in [0.5, 0.6) is 5.88 Å². The summed E-state index contributed by atoms with van der Waals surface area (Å²) in [6.07, 6.45) is 1.72. The predicted octanol–water partition coefficient (Wildman–Crippen LogP) is 1.40. The highest BCUT2D eigenvalue weighted by Crippen LogP contribution is 2.20. The lowest BCUT2D eigenvalue weighted by Gasteiger charge is -2.13. The minimum absolute atomic E-state index is 0.308. The van der Waals surface area contributed by atoms with Gasteiger partial charge in [-0.15, -0.1) is 0 Å². The highest BCUT2D eigenvalue weighted by atomic mass is 16.5. The van der Waals surface area contributed by atoms with E-state index in [1.807, 2.05) is 12.1 Å². The van der Waals surface area contributed by atoms with Crippen molar-refractivity contribution in [2.75, 3.05) is 19.5 Å². The molecular weight excluding hydrogens is 348 g/mol. The lowest BCUT2D eigenvalue weighted by molar-refractivity contribution is 0.184. The predicted molar refractivity (Wildman–Crippen MR) is 103 cm³/mol. The number of nitrogens with zero attached hydrogens (tertiary/aromatic N) is 3. The molecular formula is C19H22N4O4. The van der Waals surface area contributed by atoms with Crippen molar-refractivity contribution in [1.29, 1.82) is 0 Å². The Balaban J connectivity index is 1.93. The summed E-state index contributed by atoms with van der Waals surface area (Å²) in [6.45, 7) is 0.934. The zero-order chi connectivity index (χ0) is 19.6. The van der Waals surface area contributed by atoms with Crippen molar-refractivity contribution < 1.29 is 9.47 Å². The number of pyridine rings is 1. The second-order valence-electron chi connectivity index (χ2n) is 6.24. The Hall–Kier alpha value is -3.13. The Bertz CT molecular complexity index is 1100. The lowest BCUT2D eigenvalue weighted by Crippen LogP contribution is -2.36. The van der Waals surface area contributed by atoms with Gasteiger partial charge < -0.3 is 14.8 Å². The number of aryl methyl sites for hydroxylation is 1. The molecule has 3 aromatic rings. The number of benzene rings is 1. The van der Waals surface area contributed by atoms with Gasteiger partial charge in [0.2, 0.25) is 5.88 Å². The molecule has 0 aliphatic heterocycles. The second kappa shape index (κ2) is 7.63. The number of rotatable bonds is 6. The Morgan fingerprint density at radius 3 is 2.59 bits per heavy atom. The van der Waals surface area contributed by atoms with Crippen LogP contribution in [0.15, 0.2) is 40.1 Å². The molecule has 0 atom stereocenters. The van der Waals surface area contributed by atoms with Crippen molar-refractivity contribution in [2.24, 2.45) is 14.1 Å². The van der Waals surface area contributed by atoms with Gasteiger partial charge in [-0.25, -0.2) is 9.78 Å². The van der Waals surface area contributed by atoms with Gasteiger partial charge in [0.1, 0.15) is 0 Å². The average molecular weight is 370 g/mol. The summed E-state index contributed by atoms with van der Waals surface area (Å²) in [5, 5.41) is 3.78. The van der Waals surface area contributed by atoms with Crippen LogP contribution in [0, 0.1) is 0 Å². The van der Waals surface area contributed by atoms with Crippen LogP contribution in [0.2, 0.25) is 0 Å². The summed E-state index contributed by atoms with van der Waals surface area (Å²) in [6, 6.07) is 7.29. The summed E-state index contributed by atoms with van der Waals surface area (Å²) in [4.78, 5) is 28.7. The molecule has 2 aromatic heterocycles. The van der Waals surface area contributed by atoms with E-state index in [2.05, 4.69) is 10.3 Å². The molecule has 0 radical (unpaired) electrons. The number of anilines is 1. The van der Waals surface area contributed by atoms with E-state index in [-0.39, 0.29) is 11.2 Å². The van der Waals surface area contributed by atoms with Crippen molar-refractivity contribution in [3.63, 3.8) is 0 Å². The third-order valence-corrected chi connectivity index (χ3v) is 4.44. The first-order chi connectivity index (χ1) is 13.0. The third-order valence-electron chi connectivity index (χ3n) is 4.44. The van der Waals surface area contributed by atoms with Crippen molar-refractivity contribution in [3.05, 3.63) is 62.4 Å². The van der Waals surface area contributed by atoms with E-state index in [4.69, 9.17) is 9.47 Å². The molecule has 0 aliphatic carbocycles. The monoisotopic (exact) mass is 370 g/mol. The first kappa shape index (κ1) is 18.7. The summed E-state index contributed by atoms with van der Waals surface area (Å²) in [5.41, 5.74) is 2.52. The average Bonchev–Trinajstić information content (AvgIpc) is 2.69. The Labute approximate surface area is 156 Å². The Morgan fingerprint density at radius 2 is 1.89 bits per heavy atom. The van der Waals surface area contributed by atoms with Gasteiger partial charge in [0.15, 0.2) is 0 Å². The SMILES string of the molecule is COCc1cnc(OC)c(CNc2ccc3c(=O)n(C)c(=O)n(C)c3c2)c1. The van der Waals surface area contributed by atoms with Crippen LogP contribution in [0.25, 0.3) is 10.9 Å². The number of ether oxygens (including phenoxy) is 2. The Morgan fingerprint density at radius 1 is 1.11 bits per heavy atom. The Kier molecular flexibility index (Phi) is 5.27. The molecule has 0 saturated carbocycles. The van der Waals surface area contributed by atoms with Crippen LogP contribution in [0.4, 0.5) is 5.69 Å². The highest BCUT2D eigenvalue weighted by molar-refractivity contribution is 5.81. The first-order valence-electron chi connectivity index (χ1n) is 8.40. The summed E-state index contributed by atoms with van der Waals surface area (Å²) in [7, 11) is 6.33. The zero-order valence-corrected chi connectivity index (χ0v) is 15.8. The molecule has 0 saturated heterocycles. The summed E-state index contributed by atoms with van der Waals surface area (Å²) in [5.74, 6) is 0.532. The van der Waals surface area contributed by atoms with Crippen LogP contribution in [-0.4, -0.2) is 28.3 Å². The minimum Gasteiger partial charge on any atom is -0.481 e. The molecule has 0 unspecified atom stereocenters. The van der Waals surface area contributed by atoms with E-state index in [1.54, 1.807) is 39.6 Å². The lowest BCUT2D eigenvalue weighted by atomic mass is 10.2. The maximum atomic E-state index is 12.3. The normalized spacial score (nSPS) is 11.0. The smallest absolute Gasteiger partial charge is 0.330 e. The summed E-state index contributed by atoms with van der Waals surface area (Å²) >= 11 is 0. The third kappa shape index (κ3) is 3.56. The van der Waals surface area contributed by atoms with Crippen LogP contribution in [-0.2, 0) is 32.0 Å². The number of fused-ring (bicyclic) bond motifs is 1. The molecule has 2 heterocycles. The molecule has 1 N–H and O–H groups in total. The maximum Gasteiger partial charge on any atom is 0.330 e. The van der Waals surface area contributed by atoms with E-state index in [9.17, 15) is 9.59 Å². The van der Waals surface area contributed by atoms with Gasteiger partial charge in [0.25, 0.3) is 5.56 Å². The van der Waals surface area contributed by atoms with Crippen molar-refractivity contribution in [2.45, 2.75) is 13.2 Å². The van der Waals surface area contributed by atoms with E-state index < -0.39 is 0 Å². The van der Waals surface area contributed by atoms with Crippen LogP contribution < -0.4 is 21.3 Å². The molecule has 0 fully saturated rings. The number of hydrogen-bond acceptors (Lipinski definition) is 6. The van der Waals surface area contributed by atoms with Crippen molar-refractivity contribution in [1.82, 2.24) is 14.1 Å². The van der Waals surface area contributed by atoms with E-state index >= 15 is 0 Å². The van der Waals surface area contributed by atoms with Crippen LogP contribution in [0.1, 0.15) is 11.1 Å². The molecule has 3 rings (SSSR count). The van der Waals surface area contributed by atoms with Crippen molar-refractivity contribution >= 4 is 16.6 Å². The topological polar surface area (TPSA) is 87.4 Å². The van der Waals surface area contributed by atoms with Gasteiger partial charge in [0, 0.05) is 45.2 Å². The second-order valence-corrected chi connectivity index (χ2v) is 6.24. The molecule has 27 heavy (non-hydrogen) atoms. The van der Waals surface area contributed by atoms with Gasteiger partial charge in [-0.3, -0.25) is 13.9 Å². The molecule has 0 bridgehead atoms. The molecule has 142 valence electrons. The molecule has 8 heteroatoms. The standard InChI is InChI=1S/C19H22N4O4/c1-22-16-8-14(5-6-15(16)18(24)23(2)19(22)25)20-10-13-7-12(11-26-3)9-21-17(13)27-4/h5-9,20H,10-11H2,1-4H3.